The summed E-state index contributed by atoms with van der Waals surface area (Å²) in [5, 5.41) is 4.69. The van der Waals surface area contributed by atoms with Gasteiger partial charge in [0, 0.05) is 16.8 Å². The van der Waals surface area contributed by atoms with Crippen LogP contribution in [0.4, 0.5) is 0 Å². The lowest BCUT2D eigenvalue weighted by atomic mass is 10.2. The van der Waals surface area contributed by atoms with Gasteiger partial charge in [-0.2, -0.15) is 0 Å². The second-order valence-electron chi connectivity index (χ2n) is 4.04. The molecule has 1 aromatic heterocycles. The molecular weight excluding hydrogens is 294 g/mol. The lowest BCUT2D eigenvalue weighted by molar-refractivity contribution is 0.0955. The number of benzene rings is 1. The Balaban J connectivity index is 2.02. The van der Waals surface area contributed by atoms with Crippen molar-refractivity contribution < 1.29 is 14.3 Å². The van der Waals surface area contributed by atoms with Gasteiger partial charge in [0.05, 0.1) is 19.1 Å². The van der Waals surface area contributed by atoms with Crippen molar-refractivity contribution in [1.82, 2.24) is 5.32 Å². The van der Waals surface area contributed by atoms with E-state index < -0.39 is 0 Å². The van der Waals surface area contributed by atoms with Gasteiger partial charge in [-0.3, -0.25) is 4.79 Å². The van der Waals surface area contributed by atoms with Crippen LogP contribution in [0.25, 0.3) is 0 Å². The summed E-state index contributed by atoms with van der Waals surface area (Å²) in [5.41, 5.74) is 0.943. The number of hydrogen-bond donors (Lipinski definition) is 2. The third kappa shape index (κ3) is 3.46. The van der Waals surface area contributed by atoms with Gasteiger partial charge in [0.25, 0.3) is 5.91 Å². The predicted molar refractivity (Wildman–Crippen MR) is 82.3 cm³/mol. The van der Waals surface area contributed by atoms with Crippen molar-refractivity contribution in [3.05, 3.63) is 40.1 Å². The van der Waals surface area contributed by atoms with Gasteiger partial charge in [0.2, 0.25) is 0 Å². The molecule has 0 radical (unpaired) electrons. The number of nitrogens with one attached hydrogen (secondary N) is 1. The van der Waals surface area contributed by atoms with E-state index in [4.69, 9.17) is 9.47 Å². The molecule has 6 heteroatoms. The molecule has 1 heterocycles. The van der Waals surface area contributed by atoms with Crippen LogP contribution in [0.2, 0.25) is 0 Å². The Labute approximate surface area is 127 Å². The minimum atomic E-state index is -0.106. The molecular formula is C14H15NO3S2. The molecule has 0 aliphatic rings. The van der Waals surface area contributed by atoms with Gasteiger partial charge in [-0.05, 0) is 23.8 Å². The largest absolute Gasteiger partial charge is 0.493 e. The van der Waals surface area contributed by atoms with Crippen molar-refractivity contribution in [2.24, 2.45) is 0 Å². The van der Waals surface area contributed by atoms with E-state index in [9.17, 15) is 4.79 Å². The highest BCUT2D eigenvalue weighted by Crippen LogP contribution is 2.27. The Bertz CT molecular complexity index is 610. The third-order valence-corrected chi connectivity index (χ3v) is 4.07. The number of amides is 1. The van der Waals surface area contributed by atoms with Crippen molar-refractivity contribution in [2.45, 2.75) is 11.4 Å². The molecule has 4 nitrogen and oxygen atoms in total. The average molecular weight is 309 g/mol. The number of methoxy groups -OCH3 is 2. The van der Waals surface area contributed by atoms with Crippen molar-refractivity contribution in [2.75, 3.05) is 14.2 Å². The fraction of sp³-hybridized carbons (Fsp3) is 0.214. The molecule has 0 unspecified atom stereocenters. The number of ether oxygens (including phenoxy) is 2. The standard InChI is InChI=1S/C14H15NO3S2/c1-17-11-4-3-9(5-12(11)18-2)7-15-14(16)13-6-10(19)8-20-13/h3-6,8,19H,7H2,1-2H3,(H,15,16). The molecule has 0 aliphatic carbocycles. The van der Waals surface area contributed by atoms with Gasteiger partial charge in [0.1, 0.15) is 0 Å². The molecule has 0 saturated carbocycles. The summed E-state index contributed by atoms with van der Waals surface area (Å²) < 4.78 is 10.4. The minimum absolute atomic E-state index is 0.106. The highest BCUT2D eigenvalue weighted by Gasteiger charge is 2.09. The molecule has 1 amide bonds. The maximum atomic E-state index is 11.9. The van der Waals surface area contributed by atoms with Crippen molar-refractivity contribution in [3.63, 3.8) is 0 Å². The molecule has 2 rings (SSSR count). The van der Waals surface area contributed by atoms with E-state index in [-0.39, 0.29) is 5.91 Å². The molecule has 1 aromatic carbocycles. The SMILES string of the molecule is COc1ccc(CNC(=O)c2cc(S)cs2)cc1OC. The first-order chi connectivity index (χ1) is 9.63. The van der Waals surface area contributed by atoms with Crippen LogP contribution in [-0.4, -0.2) is 20.1 Å². The highest BCUT2D eigenvalue weighted by atomic mass is 32.1. The van der Waals surface area contributed by atoms with Crippen LogP contribution < -0.4 is 14.8 Å². The summed E-state index contributed by atoms with van der Waals surface area (Å²) in [6.45, 7) is 0.430. The molecule has 20 heavy (non-hydrogen) atoms. The molecule has 106 valence electrons. The zero-order chi connectivity index (χ0) is 14.5. The number of carbonyl (C=O) groups excluding carboxylic acids is 1. The van der Waals surface area contributed by atoms with Gasteiger partial charge in [0.15, 0.2) is 11.5 Å². The Morgan fingerprint density at radius 3 is 2.60 bits per heavy atom. The molecule has 0 saturated heterocycles. The molecule has 0 atom stereocenters. The van der Waals surface area contributed by atoms with Crippen LogP contribution >= 0.6 is 24.0 Å². The summed E-state index contributed by atoms with van der Waals surface area (Å²) in [5.74, 6) is 1.21. The Morgan fingerprint density at radius 2 is 2.00 bits per heavy atom. The Morgan fingerprint density at radius 1 is 1.25 bits per heavy atom. The summed E-state index contributed by atoms with van der Waals surface area (Å²) in [6.07, 6.45) is 0. The number of hydrogen-bond acceptors (Lipinski definition) is 5. The topological polar surface area (TPSA) is 47.6 Å². The maximum Gasteiger partial charge on any atom is 0.261 e. The van der Waals surface area contributed by atoms with Gasteiger partial charge >= 0.3 is 0 Å². The lowest BCUT2D eigenvalue weighted by Crippen LogP contribution is -2.21. The summed E-state index contributed by atoms with van der Waals surface area (Å²) >= 11 is 5.56. The van der Waals surface area contributed by atoms with E-state index in [1.54, 1.807) is 20.3 Å². The zero-order valence-corrected chi connectivity index (χ0v) is 12.9. The van der Waals surface area contributed by atoms with Crippen molar-refractivity contribution in [1.29, 1.82) is 0 Å². The van der Waals surface area contributed by atoms with Crippen LogP contribution in [0.1, 0.15) is 15.2 Å². The van der Waals surface area contributed by atoms with E-state index in [1.165, 1.54) is 11.3 Å². The van der Waals surface area contributed by atoms with E-state index >= 15 is 0 Å². The van der Waals surface area contributed by atoms with Crippen LogP contribution in [0.5, 0.6) is 11.5 Å². The third-order valence-electron chi connectivity index (χ3n) is 2.71. The van der Waals surface area contributed by atoms with Gasteiger partial charge in [-0.15, -0.1) is 24.0 Å². The summed E-state index contributed by atoms with van der Waals surface area (Å²) in [7, 11) is 3.17. The van der Waals surface area contributed by atoms with Gasteiger partial charge < -0.3 is 14.8 Å². The predicted octanol–water partition coefficient (Wildman–Crippen LogP) is 2.98. The van der Waals surface area contributed by atoms with E-state index in [1.807, 2.05) is 23.6 Å². The smallest absolute Gasteiger partial charge is 0.261 e. The number of thiophene rings is 1. The zero-order valence-electron chi connectivity index (χ0n) is 11.2. The quantitative estimate of drug-likeness (QED) is 0.835. The highest BCUT2D eigenvalue weighted by molar-refractivity contribution is 7.80. The summed E-state index contributed by atoms with van der Waals surface area (Å²) in [4.78, 5) is 13.4. The fourth-order valence-corrected chi connectivity index (χ4v) is 2.77. The fourth-order valence-electron chi connectivity index (χ4n) is 1.71. The van der Waals surface area contributed by atoms with Gasteiger partial charge in [-0.25, -0.2) is 0 Å². The number of thiol groups is 1. The number of rotatable bonds is 5. The van der Waals surface area contributed by atoms with Crippen LogP contribution in [0.3, 0.4) is 0 Å². The monoisotopic (exact) mass is 309 g/mol. The second kappa shape index (κ2) is 6.67. The van der Waals surface area contributed by atoms with Gasteiger partial charge in [-0.1, -0.05) is 6.07 Å². The van der Waals surface area contributed by atoms with Crippen molar-refractivity contribution >= 4 is 29.9 Å². The van der Waals surface area contributed by atoms with E-state index in [0.717, 1.165) is 10.5 Å². The summed E-state index contributed by atoms with van der Waals surface area (Å²) in [6, 6.07) is 7.30. The first-order valence-corrected chi connectivity index (χ1v) is 7.23. The first-order valence-electron chi connectivity index (χ1n) is 5.90. The molecule has 0 aliphatic heterocycles. The maximum absolute atomic E-state index is 11.9. The normalized spacial score (nSPS) is 10.2. The molecule has 0 fully saturated rings. The second-order valence-corrected chi connectivity index (χ2v) is 5.47. The molecule has 2 aromatic rings. The van der Waals surface area contributed by atoms with Crippen molar-refractivity contribution in [3.8, 4) is 11.5 Å². The molecule has 1 N–H and O–H groups in total. The van der Waals surface area contributed by atoms with Crippen LogP contribution in [-0.2, 0) is 6.54 Å². The first kappa shape index (κ1) is 14.7. The lowest BCUT2D eigenvalue weighted by Gasteiger charge is -2.10. The molecule has 0 bridgehead atoms. The Kier molecular flexibility index (Phi) is 4.92. The Hall–Kier alpha value is -1.66. The van der Waals surface area contributed by atoms with E-state index in [0.29, 0.717) is 22.9 Å². The molecule has 0 spiro atoms. The van der Waals surface area contributed by atoms with Crippen LogP contribution in [0.15, 0.2) is 34.5 Å². The van der Waals surface area contributed by atoms with E-state index in [2.05, 4.69) is 17.9 Å². The van der Waals surface area contributed by atoms with Crippen LogP contribution in [0, 0.1) is 0 Å². The number of carbonyl (C=O) groups is 1. The minimum Gasteiger partial charge on any atom is -0.493 e. The average Bonchev–Trinajstić information content (AvgIpc) is 2.91.